The van der Waals surface area contributed by atoms with E-state index in [4.69, 9.17) is 9.47 Å². The van der Waals surface area contributed by atoms with Crippen LogP contribution in [0, 0.1) is 0 Å². The van der Waals surface area contributed by atoms with Crippen LogP contribution in [0.15, 0.2) is 30.3 Å². The van der Waals surface area contributed by atoms with Crippen LogP contribution in [0.5, 0.6) is 0 Å². The van der Waals surface area contributed by atoms with Crippen molar-refractivity contribution in [3.63, 3.8) is 0 Å². The van der Waals surface area contributed by atoms with Crippen LogP contribution in [-0.2, 0) is 20.7 Å². The molecule has 4 heteroatoms. The fourth-order valence-corrected chi connectivity index (χ4v) is 3.04. The summed E-state index contributed by atoms with van der Waals surface area (Å²) >= 11 is 0. The third-order valence-electron chi connectivity index (χ3n) is 4.25. The number of morpholine rings is 1. The Labute approximate surface area is 126 Å². The Morgan fingerprint density at radius 2 is 2.05 bits per heavy atom. The molecule has 114 valence electrons. The standard InChI is InChI=1S/C17H23NO3/c19-17(16-7-4-11-21-16)18-10-12-20-15(13-18)9-8-14-5-2-1-3-6-14/h1-3,5-6,15-16H,4,7-13H2/t15-,16+/m1/s1. The second kappa shape index (κ2) is 7.05. The highest BCUT2D eigenvalue weighted by molar-refractivity contribution is 5.81. The number of amides is 1. The number of hydrogen-bond acceptors (Lipinski definition) is 3. The van der Waals surface area contributed by atoms with Crippen LogP contribution < -0.4 is 0 Å². The van der Waals surface area contributed by atoms with E-state index in [0.717, 1.165) is 32.3 Å². The number of carbonyl (C=O) groups is 1. The monoisotopic (exact) mass is 289 g/mol. The van der Waals surface area contributed by atoms with Crippen LogP contribution in [0.4, 0.5) is 0 Å². The summed E-state index contributed by atoms with van der Waals surface area (Å²) in [6, 6.07) is 10.4. The molecule has 1 amide bonds. The van der Waals surface area contributed by atoms with Gasteiger partial charge in [-0.3, -0.25) is 4.79 Å². The molecule has 1 aromatic rings. The molecule has 0 aliphatic carbocycles. The van der Waals surface area contributed by atoms with Crippen LogP contribution in [0.25, 0.3) is 0 Å². The molecular weight excluding hydrogens is 266 g/mol. The molecule has 0 aromatic heterocycles. The molecule has 2 heterocycles. The van der Waals surface area contributed by atoms with Crippen LogP contribution in [0.2, 0.25) is 0 Å². The lowest BCUT2D eigenvalue weighted by molar-refractivity contribution is -0.148. The van der Waals surface area contributed by atoms with Gasteiger partial charge in [-0.2, -0.15) is 0 Å². The minimum atomic E-state index is -0.210. The van der Waals surface area contributed by atoms with Crippen molar-refractivity contribution < 1.29 is 14.3 Å². The second-order valence-corrected chi connectivity index (χ2v) is 5.80. The Morgan fingerprint density at radius 3 is 2.81 bits per heavy atom. The molecule has 0 radical (unpaired) electrons. The number of aryl methyl sites for hydroxylation is 1. The van der Waals surface area contributed by atoms with Crippen molar-refractivity contribution in [1.29, 1.82) is 0 Å². The summed E-state index contributed by atoms with van der Waals surface area (Å²) in [7, 11) is 0. The van der Waals surface area contributed by atoms with Crippen LogP contribution >= 0.6 is 0 Å². The normalized spacial score (nSPS) is 26.0. The molecule has 2 saturated heterocycles. The van der Waals surface area contributed by atoms with E-state index in [-0.39, 0.29) is 18.1 Å². The SMILES string of the molecule is O=C([C@@H]1CCCO1)N1CCO[C@H](CCc2ccccc2)C1. The zero-order chi connectivity index (χ0) is 14.5. The van der Waals surface area contributed by atoms with Gasteiger partial charge in [-0.15, -0.1) is 0 Å². The Hall–Kier alpha value is -1.39. The molecule has 0 spiro atoms. The first-order valence-electron chi connectivity index (χ1n) is 7.89. The molecule has 3 rings (SSSR count). The highest BCUT2D eigenvalue weighted by atomic mass is 16.5. The van der Waals surface area contributed by atoms with Gasteiger partial charge in [0, 0.05) is 19.7 Å². The summed E-state index contributed by atoms with van der Waals surface area (Å²) in [6.07, 6.45) is 3.75. The first-order chi connectivity index (χ1) is 10.3. The van der Waals surface area contributed by atoms with Gasteiger partial charge in [-0.1, -0.05) is 30.3 Å². The van der Waals surface area contributed by atoms with Gasteiger partial charge in [0.05, 0.1) is 12.7 Å². The number of carbonyl (C=O) groups excluding carboxylic acids is 1. The van der Waals surface area contributed by atoms with Gasteiger partial charge in [0.1, 0.15) is 6.10 Å². The maximum absolute atomic E-state index is 12.4. The summed E-state index contributed by atoms with van der Waals surface area (Å²) in [5.74, 6) is 0.153. The average molecular weight is 289 g/mol. The molecule has 21 heavy (non-hydrogen) atoms. The van der Waals surface area contributed by atoms with Crippen LogP contribution in [-0.4, -0.2) is 49.3 Å². The van der Waals surface area contributed by atoms with E-state index < -0.39 is 0 Å². The van der Waals surface area contributed by atoms with E-state index in [1.54, 1.807) is 0 Å². The van der Waals surface area contributed by atoms with Crippen molar-refractivity contribution in [2.75, 3.05) is 26.3 Å². The maximum atomic E-state index is 12.4. The fourth-order valence-electron chi connectivity index (χ4n) is 3.04. The highest BCUT2D eigenvalue weighted by Gasteiger charge is 2.31. The average Bonchev–Trinajstić information content (AvgIpc) is 3.08. The van der Waals surface area contributed by atoms with Crippen molar-refractivity contribution in [3.05, 3.63) is 35.9 Å². The lowest BCUT2D eigenvalue weighted by atomic mass is 10.1. The van der Waals surface area contributed by atoms with Crippen molar-refractivity contribution in [2.45, 2.75) is 37.9 Å². The van der Waals surface area contributed by atoms with Crippen LogP contribution in [0.3, 0.4) is 0 Å². The van der Waals surface area contributed by atoms with Crippen molar-refractivity contribution in [1.82, 2.24) is 4.90 Å². The summed E-state index contributed by atoms with van der Waals surface area (Å²) in [6.45, 7) is 2.75. The molecule has 0 N–H and O–H groups in total. The molecule has 0 unspecified atom stereocenters. The quantitative estimate of drug-likeness (QED) is 0.851. The summed E-state index contributed by atoms with van der Waals surface area (Å²) in [5.41, 5.74) is 1.32. The first-order valence-corrected chi connectivity index (χ1v) is 7.89. The van der Waals surface area contributed by atoms with Crippen molar-refractivity contribution in [3.8, 4) is 0 Å². The molecule has 4 nitrogen and oxygen atoms in total. The highest BCUT2D eigenvalue weighted by Crippen LogP contribution is 2.18. The van der Waals surface area contributed by atoms with Gasteiger partial charge in [-0.25, -0.2) is 0 Å². The summed E-state index contributed by atoms with van der Waals surface area (Å²) < 4.78 is 11.3. The minimum Gasteiger partial charge on any atom is -0.375 e. The fraction of sp³-hybridized carbons (Fsp3) is 0.588. The lowest BCUT2D eigenvalue weighted by Crippen LogP contribution is -2.49. The van der Waals surface area contributed by atoms with Gasteiger partial charge in [0.2, 0.25) is 0 Å². The number of hydrogen-bond donors (Lipinski definition) is 0. The topological polar surface area (TPSA) is 38.8 Å². The summed E-state index contributed by atoms with van der Waals surface area (Å²) in [5, 5.41) is 0. The Morgan fingerprint density at radius 1 is 1.19 bits per heavy atom. The molecule has 2 atom stereocenters. The predicted molar refractivity (Wildman–Crippen MR) is 80.1 cm³/mol. The second-order valence-electron chi connectivity index (χ2n) is 5.80. The number of benzene rings is 1. The van der Waals surface area contributed by atoms with Gasteiger partial charge in [0.25, 0.3) is 5.91 Å². The van der Waals surface area contributed by atoms with E-state index in [1.165, 1.54) is 5.56 Å². The van der Waals surface area contributed by atoms with Gasteiger partial charge >= 0.3 is 0 Å². The van der Waals surface area contributed by atoms with Gasteiger partial charge in [-0.05, 0) is 31.2 Å². The molecule has 2 aliphatic heterocycles. The first kappa shape index (κ1) is 14.5. The number of ether oxygens (including phenoxy) is 2. The van der Waals surface area contributed by atoms with E-state index in [0.29, 0.717) is 19.7 Å². The predicted octanol–water partition coefficient (Wildman–Crippen LogP) is 2.03. The van der Waals surface area contributed by atoms with Gasteiger partial charge < -0.3 is 14.4 Å². The zero-order valence-corrected chi connectivity index (χ0v) is 12.4. The van der Waals surface area contributed by atoms with Crippen molar-refractivity contribution >= 4 is 5.91 Å². The Kier molecular flexibility index (Phi) is 4.88. The molecule has 0 saturated carbocycles. The van der Waals surface area contributed by atoms with E-state index in [9.17, 15) is 4.79 Å². The molecule has 1 aromatic carbocycles. The zero-order valence-electron chi connectivity index (χ0n) is 12.4. The third-order valence-corrected chi connectivity index (χ3v) is 4.25. The van der Waals surface area contributed by atoms with Gasteiger partial charge in [0.15, 0.2) is 0 Å². The van der Waals surface area contributed by atoms with E-state index in [1.807, 2.05) is 11.0 Å². The molecule has 0 bridgehead atoms. The minimum absolute atomic E-state index is 0.143. The Balaban J connectivity index is 1.49. The smallest absolute Gasteiger partial charge is 0.251 e. The van der Waals surface area contributed by atoms with Crippen LogP contribution in [0.1, 0.15) is 24.8 Å². The third kappa shape index (κ3) is 3.83. The molecule has 2 fully saturated rings. The molecular formula is C17H23NO3. The maximum Gasteiger partial charge on any atom is 0.251 e. The lowest BCUT2D eigenvalue weighted by Gasteiger charge is -2.34. The largest absolute Gasteiger partial charge is 0.375 e. The summed E-state index contributed by atoms with van der Waals surface area (Å²) in [4.78, 5) is 14.3. The molecule has 2 aliphatic rings. The van der Waals surface area contributed by atoms with E-state index in [2.05, 4.69) is 24.3 Å². The number of rotatable bonds is 4. The van der Waals surface area contributed by atoms with E-state index >= 15 is 0 Å². The number of nitrogens with zero attached hydrogens (tertiary/aromatic N) is 1. The van der Waals surface area contributed by atoms with Crippen molar-refractivity contribution in [2.24, 2.45) is 0 Å². The Bertz CT molecular complexity index is 456.